The fraction of sp³-hybridized carbons (Fsp3) is 0.0526. The molecule has 3 rings (SSSR count). The summed E-state index contributed by atoms with van der Waals surface area (Å²) in [5.74, 6) is -3.88. The summed E-state index contributed by atoms with van der Waals surface area (Å²) in [7, 11) is 0. The van der Waals surface area contributed by atoms with E-state index in [0.717, 1.165) is 36.5 Å². The molecule has 0 saturated heterocycles. The molecule has 0 heterocycles. The van der Waals surface area contributed by atoms with Crippen molar-refractivity contribution in [3.8, 4) is 0 Å². The van der Waals surface area contributed by atoms with E-state index in [0.29, 0.717) is 0 Å². The molecule has 0 N–H and O–H groups in total. The molecule has 0 saturated carbocycles. The number of rotatable bonds is 2. The number of carbonyl (C=O) groups excluding carboxylic acids is 6. The summed E-state index contributed by atoms with van der Waals surface area (Å²) in [6, 6.07) is 0. The molecule has 0 bridgehead atoms. The molecule has 6 nitrogen and oxygen atoms in total. The molecule has 0 amide bonds. The van der Waals surface area contributed by atoms with Crippen molar-refractivity contribution in [2.24, 2.45) is 0 Å². The first kappa shape index (κ1) is 19.9. The van der Waals surface area contributed by atoms with Crippen molar-refractivity contribution >= 4 is 34.7 Å². The van der Waals surface area contributed by atoms with Crippen molar-refractivity contribution in [1.29, 1.82) is 0 Å². The SMILES string of the molecule is CC1=C(C2=C(C3=[C-]C(=O)C=CC3=O)C(=O)C=CC2=O)C(=O)C=CC1=O.[Y]. The van der Waals surface area contributed by atoms with E-state index < -0.39 is 34.7 Å². The Labute approximate surface area is 173 Å². The Kier molecular flexibility index (Phi) is 5.69. The van der Waals surface area contributed by atoms with Crippen molar-refractivity contribution in [3.63, 3.8) is 0 Å². The van der Waals surface area contributed by atoms with Gasteiger partial charge < -0.3 is 14.4 Å². The molecular formula is C19H9O6Y-. The summed E-state index contributed by atoms with van der Waals surface area (Å²) in [6.07, 6.45) is 8.16. The van der Waals surface area contributed by atoms with Crippen LogP contribution in [0.15, 0.2) is 64.3 Å². The zero-order valence-electron chi connectivity index (χ0n) is 13.5. The van der Waals surface area contributed by atoms with Gasteiger partial charge >= 0.3 is 0 Å². The molecule has 0 unspecified atom stereocenters. The van der Waals surface area contributed by atoms with Crippen molar-refractivity contribution in [3.05, 3.63) is 70.4 Å². The number of ketones is 6. The van der Waals surface area contributed by atoms with Crippen LogP contribution in [0.2, 0.25) is 0 Å². The van der Waals surface area contributed by atoms with Gasteiger partial charge in [-0.2, -0.15) is 0 Å². The normalized spacial score (nSPS) is 20.1. The fourth-order valence-electron chi connectivity index (χ4n) is 2.69. The maximum Gasteiger partial charge on any atom is 0.186 e. The predicted octanol–water partition coefficient (Wildman–Crippen LogP) is 0.451. The van der Waals surface area contributed by atoms with Gasteiger partial charge in [-0.05, 0) is 36.8 Å². The topological polar surface area (TPSA) is 102 Å². The summed E-state index contributed by atoms with van der Waals surface area (Å²) in [6.45, 7) is 1.35. The van der Waals surface area contributed by atoms with Crippen LogP contribution in [-0.2, 0) is 61.5 Å². The van der Waals surface area contributed by atoms with Crippen LogP contribution in [0.1, 0.15) is 6.92 Å². The van der Waals surface area contributed by atoms with Gasteiger partial charge in [0.1, 0.15) is 5.78 Å². The molecule has 26 heavy (non-hydrogen) atoms. The van der Waals surface area contributed by atoms with E-state index in [1.807, 2.05) is 0 Å². The van der Waals surface area contributed by atoms with Gasteiger partial charge in [0.2, 0.25) is 0 Å². The van der Waals surface area contributed by atoms with Gasteiger partial charge in [-0.15, -0.1) is 0 Å². The van der Waals surface area contributed by atoms with Crippen molar-refractivity contribution in [2.75, 3.05) is 0 Å². The van der Waals surface area contributed by atoms with Crippen LogP contribution >= 0.6 is 0 Å². The minimum absolute atomic E-state index is 0. The van der Waals surface area contributed by atoms with E-state index in [-0.39, 0.29) is 60.6 Å². The second kappa shape index (κ2) is 7.44. The first-order chi connectivity index (χ1) is 11.8. The standard InChI is InChI=1S/C19H9O6.Y/c1-9-12(21)4-5-14(23)17(9)19-16(25)7-6-15(24)18(19)11-8-10(20)2-3-13(11)22;/h2-7H,1H3;/q-1;. The summed E-state index contributed by atoms with van der Waals surface area (Å²) in [5, 5.41) is 0. The third-order valence-corrected chi connectivity index (χ3v) is 3.89. The first-order valence-corrected chi connectivity index (χ1v) is 7.21. The Hall–Kier alpha value is -2.44. The van der Waals surface area contributed by atoms with Crippen LogP contribution in [0.4, 0.5) is 0 Å². The summed E-state index contributed by atoms with van der Waals surface area (Å²) >= 11 is 0. The number of carbonyl (C=O) groups is 6. The zero-order chi connectivity index (χ0) is 18.3. The molecule has 125 valence electrons. The molecule has 0 atom stereocenters. The predicted molar refractivity (Wildman–Crippen MR) is 83.9 cm³/mol. The molecule has 0 aromatic heterocycles. The molecule has 0 aliphatic heterocycles. The Morgan fingerprint density at radius 1 is 0.577 bits per heavy atom. The number of allylic oxidation sites excluding steroid dienone is 12. The Balaban J connectivity index is 0.00000243. The van der Waals surface area contributed by atoms with Crippen LogP contribution < -0.4 is 0 Å². The van der Waals surface area contributed by atoms with Gasteiger partial charge in [-0.1, -0.05) is 23.8 Å². The van der Waals surface area contributed by atoms with Gasteiger partial charge in [-0.25, -0.2) is 0 Å². The van der Waals surface area contributed by atoms with E-state index in [9.17, 15) is 28.8 Å². The second-order valence-electron chi connectivity index (χ2n) is 5.44. The zero-order valence-corrected chi connectivity index (χ0v) is 16.3. The molecule has 0 aromatic rings. The Bertz CT molecular complexity index is 995. The third kappa shape index (κ3) is 3.30. The maximum absolute atomic E-state index is 12.4. The van der Waals surface area contributed by atoms with Crippen LogP contribution in [0.3, 0.4) is 0 Å². The van der Waals surface area contributed by atoms with Crippen molar-refractivity contribution in [1.82, 2.24) is 0 Å². The van der Waals surface area contributed by atoms with Crippen LogP contribution in [0, 0.1) is 6.08 Å². The van der Waals surface area contributed by atoms with Crippen LogP contribution in [0.5, 0.6) is 0 Å². The largest absolute Gasteiger partial charge is 0.348 e. The van der Waals surface area contributed by atoms with Gasteiger partial charge in [0.15, 0.2) is 17.3 Å². The quantitative estimate of drug-likeness (QED) is 0.473. The number of hydrogen-bond acceptors (Lipinski definition) is 6. The van der Waals surface area contributed by atoms with E-state index in [2.05, 4.69) is 6.08 Å². The Morgan fingerprint density at radius 3 is 1.65 bits per heavy atom. The average molecular weight is 422 g/mol. The fourth-order valence-corrected chi connectivity index (χ4v) is 2.69. The van der Waals surface area contributed by atoms with Gasteiger partial charge in [-0.3, -0.25) is 14.4 Å². The molecule has 0 spiro atoms. The first-order valence-electron chi connectivity index (χ1n) is 7.21. The molecular weight excluding hydrogens is 413 g/mol. The Morgan fingerprint density at radius 2 is 1.04 bits per heavy atom. The van der Waals surface area contributed by atoms with Crippen molar-refractivity contribution < 1.29 is 61.5 Å². The van der Waals surface area contributed by atoms with E-state index in [1.165, 1.54) is 6.92 Å². The minimum atomic E-state index is -0.719. The van der Waals surface area contributed by atoms with E-state index in [1.54, 1.807) is 0 Å². The molecule has 3 aliphatic carbocycles. The second-order valence-corrected chi connectivity index (χ2v) is 5.44. The molecule has 0 fully saturated rings. The molecule has 0 aromatic carbocycles. The van der Waals surface area contributed by atoms with Crippen LogP contribution in [0.25, 0.3) is 0 Å². The van der Waals surface area contributed by atoms with Crippen molar-refractivity contribution in [2.45, 2.75) is 6.92 Å². The van der Waals surface area contributed by atoms with E-state index in [4.69, 9.17) is 0 Å². The average Bonchev–Trinajstić information content (AvgIpc) is 2.57. The van der Waals surface area contributed by atoms with Gasteiger partial charge in [0, 0.05) is 49.4 Å². The van der Waals surface area contributed by atoms with Gasteiger partial charge in [0.05, 0.1) is 11.6 Å². The maximum atomic E-state index is 12.4. The summed E-state index contributed by atoms with van der Waals surface area (Å²) in [5.41, 5.74) is -1.38. The summed E-state index contributed by atoms with van der Waals surface area (Å²) in [4.78, 5) is 72.6. The third-order valence-electron chi connectivity index (χ3n) is 3.89. The smallest absolute Gasteiger partial charge is 0.186 e. The summed E-state index contributed by atoms with van der Waals surface area (Å²) < 4.78 is 0. The molecule has 7 heteroatoms. The van der Waals surface area contributed by atoms with E-state index >= 15 is 0 Å². The minimum Gasteiger partial charge on any atom is -0.348 e. The number of hydrogen-bond donors (Lipinski definition) is 0. The van der Waals surface area contributed by atoms with Gasteiger partial charge in [0.25, 0.3) is 0 Å². The monoisotopic (exact) mass is 422 g/mol. The molecule has 3 aliphatic rings. The van der Waals surface area contributed by atoms with Crippen LogP contribution in [-0.4, -0.2) is 34.7 Å². The molecule has 1 radical (unpaired) electrons.